The first kappa shape index (κ1) is 12.2. The van der Waals surface area contributed by atoms with Crippen molar-refractivity contribution in [3.05, 3.63) is 35.9 Å². The van der Waals surface area contributed by atoms with Crippen LogP contribution in [0.3, 0.4) is 0 Å². The monoisotopic (exact) mass is 207 g/mol. The van der Waals surface area contributed by atoms with E-state index in [-0.39, 0.29) is 6.10 Å². The van der Waals surface area contributed by atoms with Gasteiger partial charge < -0.3 is 10.0 Å². The van der Waals surface area contributed by atoms with E-state index < -0.39 is 0 Å². The van der Waals surface area contributed by atoms with Gasteiger partial charge in [-0.05, 0) is 45.5 Å². The topological polar surface area (TPSA) is 23.5 Å². The van der Waals surface area contributed by atoms with Gasteiger partial charge in [0.2, 0.25) is 0 Å². The molecule has 1 rings (SSSR count). The summed E-state index contributed by atoms with van der Waals surface area (Å²) in [7, 11) is 4.06. The van der Waals surface area contributed by atoms with Crippen LogP contribution in [0.25, 0.3) is 0 Å². The molecule has 0 saturated heterocycles. The fourth-order valence-corrected chi connectivity index (χ4v) is 1.53. The van der Waals surface area contributed by atoms with Gasteiger partial charge in [-0.1, -0.05) is 30.3 Å². The molecule has 1 aromatic rings. The van der Waals surface area contributed by atoms with E-state index in [0.717, 1.165) is 25.8 Å². The lowest BCUT2D eigenvalue weighted by atomic mass is 10.1. The van der Waals surface area contributed by atoms with Gasteiger partial charge in [-0.3, -0.25) is 0 Å². The maximum absolute atomic E-state index is 9.73. The van der Waals surface area contributed by atoms with Crippen molar-refractivity contribution in [3.8, 4) is 0 Å². The Morgan fingerprint density at radius 2 is 1.80 bits per heavy atom. The Bertz CT molecular complexity index is 258. The van der Waals surface area contributed by atoms with E-state index in [1.807, 2.05) is 32.3 Å². The minimum atomic E-state index is -0.174. The SMILES string of the molecule is CN(C)CCC(O)CCc1ccccc1. The summed E-state index contributed by atoms with van der Waals surface area (Å²) in [4.78, 5) is 2.10. The molecule has 1 N–H and O–H groups in total. The third kappa shape index (κ3) is 5.55. The lowest BCUT2D eigenvalue weighted by molar-refractivity contribution is 0.143. The average molecular weight is 207 g/mol. The largest absolute Gasteiger partial charge is 0.393 e. The van der Waals surface area contributed by atoms with Crippen LogP contribution < -0.4 is 0 Å². The summed E-state index contributed by atoms with van der Waals surface area (Å²) in [5.41, 5.74) is 1.31. The summed E-state index contributed by atoms with van der Waals surface area (Å²) in [5.74, 6) is 0. The first-order valence-corrected chi connectivity index (χ1v) is 5.55. The Morgan fingerprint density at radius 3 is 2.40 bits per heavy atom. The molecule has 1 atom stereocenters. The van der Waals surface area contributed by atoms with Gasteiger partial charge in [0.1, 0.15) is 0 Å². The number of aliphatic hydroxyl groups excluding tert-OH is 1. The minimum Gasteiger partial charge on any atom is -0.393 e. The van der Waals surface area contributed by atoms with Crippen molar-refractivity contribution in [2.24, 2.45) is 0 Å². The van der Waals surface area contributed by atoms with Crippen molar-refractivity contribution < 1.29 is 5.11 Å². The van der Waals surface area contributed by atoms with Gasteiger partial charge >= 0.3 is 0 Å². The van der Waals surface area contributed by atoms with Gasteiger partial charge in [-0.15, -0.1) is 0 Å². The van der Waals surface area contributed by atoms with Gasteiger partial charge in [0.25, 0.3) is 0 Å². The van der Waals surface area contributed by atoms with Gasteiger partial charge in [0, 0.05) is 0 Å². The summed E-state index contributed by atoms with van der Waals surface area (Å²) in [5, 5.41) is 9.73. The van der Waals surface area contributed by atoms with Crippen LogP contribution in [0.5, 0.6) is 0 Å². The maximum atomic E-state index is 9.73. The quantitative estimate of drug-likeness (QED) is 0.770. The summed E-state index contributed by atoms with van der Waals surface area (Å²) in [6.07, 6.45) is 2.51. The molecule has 2 nitrogen and oxygen atoms in total. The molecule has 0 radical (unpaired) electrons. The molecular weight excluding hydrogens is 186 g/mol. The van der Waals surface area contributed by atoms with Crippen LogP contribution in [0.2, 0.25) is 0 Å². The van der Waals surface area contributed by atoms with Crippen LogP contribution in [0, 0.1) is 0 Å². The molecule has 1 unspecified atom stereocenters. The standard InChI is InChI=1S/C13H21NO/c1-14(2)11-10-13(15)9-8-12-6-4-3-5-7-12/h3-7,13,15H,8-11H2,1-2H3. The van der Waals surface area contributed by atoms with Crippen LogP contribution in [-0.2, 0) is 6.42 Å². The zero-order valence-corrected chi connectivity index (χ0v) is 9.69. The van der Waals surface area contributed by atoms with Crippen molar-refractivity contribution >= 4 is 0 Å². The van der Waals surface area contributed by atoms with Gasteiger partial charge in [-0.2, -0.15) is 0 Å². The molecule has 1 aromatic carbocycles. The predicted molar refractivity (Wildman–Crippen MR) is 63.9 cm³/mol. The minimum absolute atomic E-state index is 0.174. The molecule has 0 saturated carbocycles. The average Bonchev–Trinajstić information content (AvgIpc) is 2.25. The number of rotatable bonds is 6. The summed E-state index contributed by atoms with van der Waals surface area (Å²) >= 11 is 0. The predicted octanol–water partition coefficient (Wildman–Crippen LogP) is 1.93. The molecular formula is C13H21NO. The van der Waals surface area contributed by atoms with E-state index in [1.165, 1.54) is 5.56 Å². The fourth-order valence-electron chi connectivity index (χ4n) is 1.53. The molecule has 0 bridgehead atoms. The van der Waals surface area contributed by atoms with Crippen molar-refractivity contribution in [2.75, 3.05) is 20.6 Å². The molecule has 0 aromatic heterocycles. The van der Waals surface area contributed by atoms with Crippen LogP contribution in [0.1, 0.15) is 18.4 Å². The number of aliphatic hydroxyl groups is 1. The molecule has 0 fully saturated rings. The third-order valence-electron chi connectivity index (χ3n) is 2.52. The Morgan fingerprint density at radius 1 is 1.13 bits per heavy atom. The number of nitrogens with zero attached hydrogens (tertiary/aromatic N) is 1. The Labute approximate surface area is 92.5 Å². The number of aryl methyl sites for hydroxylation is 1. The summed E-state index contributed by atoms with van der Waals surface area (Å²) in [6, 6.07) is 10.3. The first-order valence-electron chi connectivity index (χ1n) is 5.55. The van der Waals surface area contributed by atoms with Gasteiger partial charge in [-0.25, -0.2) is 0 Å². The smallest absolute Gasteiger partial charge is 0.0555 e. The van der Waals surface area contributed by atoms with Gasteiger partial charge in [0.15, 0.2) is 0 Å². The highest BCUT2D eigenvalue weighted by Gasteiger charge is 2.04. The van der Waals surface area contributed by atoms with E-state index >= 15 is 0 Å². The molecule has 0 aliphatic heterocycles. The van der Waals surface area contributed by atoms with Crippen molar-refractivity contribution in [1.82, 2.24) is 4.90 Å². The lowest BCUT2D eigenvalue weighted by Gasteiger charge is -2.14. The zero-order valence-electron chi connectivity index (χ0n) is 9.69. The number of benzene rings is 1. The Hall–Kier alpha value is -0.860. The number of hydrogen-bond acceptors (Lipinski definition) is 2. The summed E-state index contributed by atoms with van der Waals surface area (Å²) in [6.45, 7) is 0.954. The highest BCUT2D eigenvalue weighted by Crippen LogP contribution is 2.07. The van der Waals surface area contributed by atoms with E-state index in [2.05, 4.69) is 17.0 Å². The van der Waals surface area contributed by atoms with E-state index in [9.17, 15) is 5.11 Å². The molecule has 0 aliphatic rings. The van der Waals surface area contributed by atoms with Gasteiger partial charge in [0.05, 0.1) is 6.10 Å². The van der Waals surface area contributed by atoms with Crippen molar-refractivity contribution in [1.29, 1.82) is 0 Å². The molecule has 2 heteroatoms. The molecule has 0 heterocycles. The second kappa shape index (κ2) is 6.59. The molecule has 15 heavy (non-hydrogen) atoms. The molecule has 0 spiro atoms. The Balaban J connectivity index is 2.19. The highest BCUT2D eigenvalue weighted by atomic mass is 16.3. The molecule has 0 aliphatic carbocycles. The fraction of sp³-hybridized carbons (Fsp3) is 0.538. The van der Waals surface area contributed by atoms with Crippen LogP contribution in [0.4, 0.5) is 0 Å². The third-order valence-corrected chi connectivity index (χ3v) is 2.52. The highest BCUT2D eigenvalue weighted by molar-refractivity contribution is 5.14. The molecule has 84 valence electrons. The van der Waals surface area contributed by atoms with Crippen LogP contribution >= 0.6 is 0 Å². The van der Waals surface area contributed by atoms with E-state index in [0.29, 0.717) is 0 Å². The molecule has 0 amide bonds. The second-order valence-electron chi connectivity index (χ2n) is 4.27. The first-order chi connectivity index (χ1) is 7.18. The zero-order chi connectivity index (χ0) is 11.1. The van der Waals surface area contributed by atoms with Crippen LogP contribution in [-0.4, -0.2) is 36.8 Å². The van der Waals surface area contributed by atoms with Crippen LogP contribution in [0.15, 0.2) is 30.3 Å². The Kier molecular flexibility index (Phi) is 5.37. The van der Waals surface area contributed by atoms with Crippen molar-refractivity contribution in [2.45, 2.75) is 25.4 Å². The number of hydrogen-bond donors (Lipinski definition) is 1. The van der Waals surface area contributed by atoms with E-state index in [1.54, 1.807) is 0 Å². The maximum Gasteiger partial charge on any atom is 0.0555 e. The second-order valence-corrected chi connectivity index (χ2v) is 4.27. The van der Waals surface area contributed by atoms with Crippen molar-refractivity contribution in [3.63, 3.8) is 0 Å². The lowest BCUT2D eigenvalue weighted by Crippen LogP contribution is -2.19. The normalized spacial score (nSPS) is 13.1. The summed E-state index contributed by atoms with van der Waals surface area (Å²) < 4.78 is 0. The van der Waals surface area contributed by atoms with E-state index in [4.69, 9.17) is 0 Å².